The van der Waals surface area contributed by atoms with Gasteiger partial charge in [0.15, 0.2) is 0 Å². The molecule has 1 N–H and O–H groups in total. The first-order valence-corrected chi connectivity index (χ1v) is 10.5. The first kappa shape index (κ1) is 21.9. The van der Waals surface area contributed by atoms with E-state index < -0.39 is 5.97 Å². The molecule has 2 aromatic carbocycles. The SMILES string of the molecule is C=CC(=O)OCCOc1ccc(-c2ccc(OCC3CCC(CO)CC3)cc2)cc1. The molecule has 0 heterocycles. The Morgan fingerprint density at radius 3 is 1.93 bits per heavy atom. The van der Waals surface area contributed by atoms with Gasteiger partial charge >= 0.3 is 5.97 Å². The van der Waals surface area contributed by atoms with Crippen LogP contribution in [0, 0.1) is 11.8 Å². The summed E-state index contributed by atoms with van der Waals surface area (Å²) in [6.07, 6.45) is 5.60. The Hall–Kier alpha value is -2.79. The summed E-state index contributed by atoms with van der Waals surface area (Å²) in [5, 5.41) is 9.24. The van der Waals surface area contributed by atoms with Crippen molar-refractivity contribution in [3.63, 3.8) is 0 Å². The second-order valence-corrected chi connectivity index (χ2v) is 7.65. The molecule has 0 amide bonds. The summed E-state index contributed by atoms with van der Waals surface area (Å²) < 4.78 is 16.4. The maximum absolute atomic E-state index is 11.0. The van der Waals surface area contributed by atoms with Gasteiger partial charge in [-0.25, -0.2) is 4.79 Å². The zero-order valence-electron chi connectivity index (χ0n) is 17.3. The van der Waals surface area contributed by atoms with Crippen molar-refractivity contribution < 1.29 is 24.1 Å². The number of carbonyl (C=O) groups is 1. The van der Waals surface area contributed by atoms with Crippen LogP contribution in [0.4, 0.5) is 0 Å². The van der Waals surface area contributed by atoms with Crippen LogP contribution in [-0.4, -0.2) is 37.5 Å². The fraction of sp³-hybridized carbons (Fsp3) is 0.400. The fourth-order valence-corrected chi connectivity index (χ4v) is 3.64. The van der Waals surface area contributed by atoms with Crippen LogP contribution in [-0.2, 0) is 9.53 Å². The van der Waals surface area contributed by atoms with E-state index in [2.05, 4.69) is 18.7 Å². The van der Waals surface area contributed by atoms with E-state index in [1.54, 1.807) is 0 Å². The highest BCUT2D eigenvalue weighted by Gasteiger charge is 2.20. The van der Waals surface area contributed by atoms with Gasteiger partial charge in [-0.3, -0.25) is 0 Å². The van der Waals surface area contributed by atoms with Crippen LogP contribution in [0.15, 0.2) is 61.2 Å². The molecule has 0 radical (unpaired) electrons. The van der Waals surface area contributed by atoms with Crippen LogP contribution >= 0.6 is 0 Å². The number of rotatable bonds is 10. The minimum atomic E-state index is -0.449. The van der Waals surface area contributed by atoms with Gasteiger partial charge in [-0.15, -0.1) is 0 Å². The second-order valence-electron chi connectivity index (χ2n) is 7.65. The summed E-state index contributed by atoms with van der Waals surface area (Å²) in [5.74, 6) is 2.23. The number of hydrogen-bond donors (Lipinski definition) is 1. The number of hydrogen-bond acceptors (Lipinski definition) is 5. The van der Waals surface area contributed by atoms with Crippen molar-refractivity contribution in [2.45, 2.75) is 25.7 Å². The minimum absolute atomic E-state index is 0.191. The zero-order valence-corrected chi connectivity index (χ0v) is 17.3. The van der Waals surface area contributed by atoms with Gasteiger partial charge in [-0.2, -0.15) is 0 Å². The summed E-state index contributed by atoms with van der Waals surface area (Å²) in [6, 6.07) is 15.9. The van der Waals surface area contributed by atoms with Crippen molar-refractivity contribution in [1.82, 2.24) is 0 Å². The number of benzene rings is 2. The summed E-state index contributed by atoms with van der Waals surface area (Å²) in [7, 11) is 0. The highest BCUT2D eigenvalue weighted by molar-refractivity contribution is 5.81. The molecule has 2 aromatic rings. The van der Waals surface area contributed by atoms with Gasteiger partial charge in [-0.05, 0) is 72.9 Å². The van der Waals surface area contributed by atoms with E-state index in [1.807, 2.05) is 36.4 Å². The molecule has 0 atom stereocenters. The van der Waals surface area contributed by atoms with Crippen molar-refractivity contribution in [3.8, 4) is 22.6 Å². The van der Waals surface area contributed by atoms with Gasteiger partial charge in [-0.1, -0.05) is 30.8 Å². The zero-order chi connectivity index (χ0) is 21.2. The molecule has 5 nitrogen and oxygen atoms in total. The average molecular weight is 411 g/mol. The molecule has 1 aliphatic rings. The van der Waals surface area contributed by atoms with Gasteiger partial charge in [0.25, 0.3) is 0 Å². The molecule has 30 heavy (non-hydrogen) atoms. The Morgan fingerprint density at radius 2 is 1.40 bits per heavy atom. The minimum Gasteiger partial charge on any atom is -0.493 e. The molecule has 0 saturated heterocycles. The van der Waals surface area contributed by atoms with Crippen LogP contribution in [0.25, 0.3) is 11.1 Å². The topological polar surface area (TPSA) is 65.0 Å². The third-order valence-electron chi connectivity index (χ3n) is 5.52. The Bertz CT molecular complexity index is 789. The molecular weight excluding hydrogens is 380 g/mol. The number of ether oxygens (including phenoxy) is 3. The van der Waals surface area contributed by atoms with Gasteiger partial charge in [0.1, 0.15) is 24.7 Å². The average Bonchev–Trinajstić information content (AvgIpc) is 2.81. The Morgan fingerprint density at radius 1 is 0.867 bits per heavy atom. The molecular formula is C25H30O5. The van der Waals surface area contributed by atoms with Crippen LogP contribution in [0.3, 0.4) is 0 Å². The maximum Gasteiger partial charge on any atom is 0.330 e. The Kier molecular flexibility index (Phi) is 8.33. The molecule has 5 heteroatoms. The quantitative estimate of drug-likeness (QED) is 0.351. The van der Waals surface area contributed by atoms with E-state index in [4.69, 9.17) is 14.2 Å². The lowest BCUT2D eigenvalue weighted by atomic mass is 9.83. The van der Waals surface area contributed by atoms with Crippen molar-refractivity contribution in [3.05, 3.63) is 61.2 Å². The smallest absolute Gasteiger partial charge is 0.330 e. The first-order valence-electron chi connectivity index (χ1n) is 10.5. The second kappa shape index (κ2) is 11.4. The maximum atomic E-state index is 11.0. The van der Waals surface area contributed by atoms with Crippen LogP contribution in [0.1, 0.15) is 25.7 Å². The molecule has 1 aliphatic carbocycles. The lowest BCUT2D eigenvalue weighted by Crippen LogP contribution is -2.21. The van der Waals surface area contributed by atoms with Crippen LogP contribution in [0.5, 0.6) is 11.5 Å². The van der Waals surface area contributed by atoms with Crippen LogP contribution in [0.2, 0.25) is 0 Å². The van der Waals surface area contributed by atoms with Gasteiger partial charge in [0, 0.05) is 12.7 Å². The molecule has 3 rings (SSSR count). The predicted octanol–water partition coefficient (Wildman–Crippen LogP) is 4.64. The Labute approximate surface area is 178 Å². The Balaban J connectivity index is 1.44. The van der Waals surface area contributed by atoms with Gasteiger partial charge in [0.2, 0.25) is 0 Å². The number of carbonyl (C=O) groups excluding carboxylic acids is 1. The molecule has 0 spiro atoms. The van der Waals surface area contributed by atoms with E-state index in [9.17, 15) is 9.90 Å². The van der Waals surface area contributed by atoms with E-state index in [0.717, 1.165) is 61.0 Å². The first-order chi connectivity index (χ1) is 14.7. The largest absolute Gasteiger partial charge is 0.493 e. The molecule has 1 fully saturated rings. The number of aliphatic hydroxyl groups excluding tert-OH is 1. The standard InChI is InChI=1S/C25H30O5/c1-2-25(27)29-16-15-28-23-11-7-21(8-12-23)22-9-13-24(14-10-22)30-18-20-5-3-19(17-26)4-6-20/h2,7-14,19-20,26H,1,3-6,15-18H2. The number of esters is 1. The third-order valence-corrected chi connectivity index (χ3v) is 5.52. The fourth-order valence-electron chi connectivity index (χ4n) is 3.64. The molecule has 0 unspecified atom stereocenters. The molecule has 160 valence electrons. The van der Waals surface area contributed by atoms with Gasteiger partial charge in [0.05, 0.1) is 6.61 Å². The normalized spacial score (nSPS) is 18.4. The predicted molar refractivity (Wildman–Crippen MR) is 117 cm³/mol. The molecule has 0 aromatic heterocycles. The van der Waals surface area contributed by atoms with Crippen molar-refractivity contribution in [2.75, 3.05) is 26.4 Å². The van der Waals surface area contributed by atoms with Crippen molar-refractivity contribution >= 4 is 5.97 Å². The third kappa shape index (κ3) is 6.63. The summed E-state index contributed by atoms with van der Waals surface area (Å²) in [6.45, 7) is 4.89. The monoisotopic (exact) mass is 410 g/mol. The summed E-state index contributed by atoms with van der Waals surface area (Å²) >= 11 is 0. The van der Waals surface area contributed by atoms with E-state index >= 15 is 0 Å². The lowest BCUT2D eigenvalue weighted by molar-refractivity contribution is -0.138. The van der Waals surface area contributed by atoms with Crippen molar-refractivity contribution in [1.29, 1.82) is 0 Å². The van der Waals surface area contributed by atoms with Gasteiger partial charge < -0.3 is 19.3 Å². The van der Waals surface area contributed by atoms with Crippen molar-refractivity contribution in [2.24, 2.45) is 11.8 Å². The molecule has 1 saturated carbocycles. The summed E-state index contributed by atoms with van der Waals surface area (Å²) in [4.78, 5) is 11.0. The highest BCUT2D eigenvalue weighted by Crippen LogP contribution is 2.29. The molecule has 0 bridgehead atoms. The highest BCUT2D eigenvalue weighted by atomic mass is 16.6. The molecule has 0 aliphatic heterocycles. The van der Waals surface area contributed by atoms with E-state index in [-0.39, 0.29) is 6.61 Å². The number of aliphatic hydroxyl groups is 1. The van der Waals surface area contributed by atoms with Crippen LogP contribution < -0.4 is 9.47 Å². The van der Waals surface area contributed by atoms with E-state index in [1.165, 1.54) is 0 Å². The van der Waals surface area contributed by atoms with E-state index in [0.29, 0.717) is 25.0 Å². The lowest BCUT2D eigenvalue weighted by Gasteiger charge is -2.27. The summed E-state index contributed by atoms with van der Waals surface area (Å²) in [5.41, 5.74) is 2.20.